The van der Waals surface area contributed by atoms with Crippen LogP contribution in [0.5, 0.6) is 11.5 Å². The second-order valence-electron chi connectivity index (χ2n) is 10.3. The molecule has 0 bridgehead atoms. The fourth-order valence-corrected chi connectivity index (χ4v) is 6.02. The Morgan fingerprint density at radius 2 is 2.05 bits per heavy atom. The van der Waals surface area contributed by atoms with Gasteiger partial charge in [-0.1, -0.05) is 0 Å². The second-order valence-corrected chi connectivity index (χ2v) is 10.7. The number of alkyl halides is 4. The molecule has 1 saturated carbocycles. The van der Waals surface area contributed by atoms with Gasteiger partial charge in [0.05, 0.1) is 12.0 Å². The SMILES string of the molecule is Cc1cn(-c2cc(CC34CC3C(C)(C)Oc3ccc(OC(F)(F)F)cc34)c(C(N)=O)n(CCCl)c2=O)cn1. The van der Waals surface area contributed by atoms with Crippen molar-refractivity contribution >= 4 is 17.5 Å². The summed E-state index contributed by atoms with van der Waals surface area (Å²) in [4.78, 5) is 30.3. The van der Waals surface area contributed by atoms with Crippen LogP contribution < -0.4 is 20.8 Å². The largest absolute Gasteiger partial charge is 0.573 e. The van der Waals surface area contributed by atoms with Crippen molar-refractivity contribution in [1.29, 1.82) is 0 Å². The van der Waals surface area contributed by atoms with Crippen LogP contribution in [0.2, 0.25) is 0 Å². The van der Waals surface area contributed by atoms with Crippen LogP contribution in [0.3, 0.4) is 0 Å². The first kappa shape index (κ1) is 26.1. The third-order valence-corrected chi connectivity index (χ3v) is 7.56. The Labute approximate surface area is 221 Å². The van der Waals surface area contributed by atoms with E-state index in [4.69, 9.17) is 22.1 Å². The molecule has 0 spiro atoms. The summed E-state index contributed by atoms with van der Waals surface area (Å²) in [6, 6.07) is 5.64. The predicted molar refractivity (Wildman–Crippen MR) is 133 cm³/mol. The molecule has 38 heavy (non-hydrogen) atoms. The van der Waals surface area contributed by atoms with Crippen molar-refractivity contribution in [3.8, 4) is 17.2 Å². The molecule has 3 heterocycles. The lowest BCUT2D eigenvalue weighted by atomic mass is 9.79. The van der Waals surface area contributed by atoms with Gasteiger partial charge in [0, 0.05) is 35.5 Å². The van der Waals surface area contributed by atoms with Crippen LogP contribution in [0.25, 0.3) is 5.69 Å². The minimum Gasteiger partial charge on any atom is -0.487 e. The molecule has 0 saturated heterocycles. The summed E-state index contributed by atoms with van der Waals surface area (Å²) >= 11 is 5.99. The van der Waals surface area contributed by atoms with Crippen LogP contribution in [-0.2, 0) is 18.4 Å². The van der Waals surface area contributed by atoms with Crippen molar-refractivity contribution in [2.45, 2.75) is 57.5 Å². The highest BCUT2D eigenvalue weighted by molar-refractivity contribution is 6.17. The number of ether oxygens (including phenoxy) is 2. The highest BCUT2D eigenvalue weighted by atomic mass is 35.5. The number of halogens is 4. The molecule has 1 amide bonds. The topological polar surface area (TPSA) is 101 Å². The van der Waals surface area contributed by atoms with E-state index < -0.39 is 28.8 Å². The number of imidazole rings is 1. The summed E-state index contributed by atoms with van der Waals surface area (Å²) in [5.41, 5.74) is 6.02. The zero-order valence-electron chi connectivity index (χ0n) is 20.9. The number of aromatic nitrogens is 3. The minimum atomic E-state index is -4.85. The molecule has 202 valence electrons. The van der Waals surface area contributed by atoms with Crippen molar-refractivity contribution in [3.05, 3.63) is 69.7 Å². The number of fused-ring (bicyclic) bond motifs is 3. The van der Waals surface area contributed by atoms with Gasteiger partial charge >= 0.3 is 6.36 Å². The molecule has 1 aromatic carbocycles. The number of amides is 1. The summed E-state index contributed by atoms with van der Waals surface area (Å²) in [5.74, 6) is -0.733. The maximum absolute atomic E-state index is 13.4. The lowest BCUT2D eigenvalue weighted by molar-refractivity contribution is -0.274. The first-order valence-electron chi connectivity index (χ1n) is 12.0. The molecule has 2 unspecified atom stereocenters. The van der Waals surface area contributed by atoms with Crippen LogP contribution in [0, 0.1) is 12.8 Å². The molecule has 0 radical (unpaired) electrons. The monoisotopic (exact) mass is 550 g/mol. The normalized spacial score (nSPS) is 21.3. The van der Waals surface area contributed by atoms with E-state index in [9.17, 15) is 22.8 Å². The number of nitrogens with zero attached hydrogens (tertiary/aromatic N) is 3. The molecular formula is C26H26ClF3N4O4. The minimum absolute atomic E-state index is 0.0183. The van der Waals surface area contributed by atoms with Crippen molar-refractivity contribution in [2.75, 3.05) is 5.88 Å². The van der Waals surface area contributed by atoms with Gasteiger partial charge in [-0.05, 0) is 63.4 Å². The Morgan fingerprint density at radius 3 is 2.66 bits per heavy atom. The van der Waals surface area contributed by atoms with Gasteiger partial charge < -0.3 is 24.3 Å². The highest BCUT2D eigenvalue weighted by Crippen LogP contribution is 2.67. The maximum atomic E-state index is 13.4. The van der Waals surface area contributed by atoms with Crippen LogP contribution in [0.1, 0.15) is 47.6 Å². The Balaban J connectivity index is 1.69. The lowest BCUT2D eigenvalue weighted by Crippen LogP contribution is -2.40. The zero-order valence-corrected chi connectivity index (χ0v) is 21.7. The number of primary amides is 1. The smallest absolute Gasteiger partial charge is 0.487 e. The summed E-state index contributed by atoms with van der Waals surface area (Å²) in [6.45, 7) is 5.66. The average Bonchev–Trinajstić information content (AvgIpc) is 3.41. The van der Waals surface area contributed by atoms with Crippen LogP contribution in [0.4, 0.5) is 13.2 Å². The number of benzene rings is 1. The fraction of sp³-hybridized carbons (Fsp3) is 0.423. The van der Waals surface area contributed by atoms with E-state index in [1.807, 2.05) is 13.8 Å². The molecule has 8 nitrogen and oxygen atoms in total. The lowest BCUT2D eigenvalue weighted by Gasteiger charge is -2.37. The van der Waals surface area contributed by atoms with Gasteiger partial charge in [0.15, 0.2) is 0 Å². The molecule has 1 fully saturated rings. The first-order valence-corrected chi connectivity index (χ1v) is 12.5. The number of carbonyl (C=O) groups excluding carboxylic acids is 1. The van der Waals surface area contributed by atoms with E-state index >= 15 is 0 Å². The first-order chi connectivity index (χ1) is 17.8. The third kappa shape index (κ3) is 4.42. The van der Waals surface area contributed by atoms with E-state index in [2.05, 4.69) is 9.72 Å². The molecule has 2 N–H and O–H groups in total. The van der Waals surface area contributed by atoms with E-state index in [-0.39, 0.29) is 41.9 Å². The van der Waals surface area contributed by atoms with Gasteiger partial charge in [0.1, 0.15) is 28.5 Å². The summed E-state index contributed by atoms with van der Waals surface area (Å²) < 4.78 is 52.2. The average molecular weight is 551 g/mol. The number of nitrogens with two attached hydrogens (primary N) is 1. The molecule has 2 atom stereocenters. The van der Waals surface area contributed by atoms with Crippen molar-refractivity contribution in [2.24, 2.45) is 11.7 Å². The van der Waals surface area contributed by atoms with Crippen molar-refractivity contribution < 1.29 is 27.4 Å². The van der Waals surface area contributed by atoms with Crippen molar-refractivity contribution in [3.63, 3.8) is 0 Å². The number of hydrogen-bond donors (Lipinski definition) is 1. The summed E-state index contributed by atoms with van der Waals surface area (Å²) in [6.07, 6.45) is -0.853. The van der Waals surface area contributed by atoms with Crippen molar-refractivity contribution in [1.82, 2.24) is 14.1 Å². The van der Waals surface area contributed by atoms with Gasteiger partial charge in [-0.3, -0.25) is 9.59 Å². The Bertz CT molecular complexity index is 1500. The number of aryl methyl sites for hydroxylation is 1. The Morgan fingerprint density at radius 1 is 1.32 bits per heavy atom. The van der Waals surface area contributed by atoms with E-state index in [1.54, 1.807) is 23.8 Å². The van der Waals surface area contributed by atoms with Gasteiger partial charge in [0.2, 0.25) is 0 Å². The van der Waals surface area contributed by atoms with Crippen LogP contribution in [-0.4, -0.2) is 37.9 Å². The van der Waals surface area contributed by atoms with E-state index in [0.717, 1.165) is 0 Å². The quantitative estimate of drug-likeness (QED) is 0.443. The summed E-state index contributed by atoms with van der Waals surface area (Å²) in [7, 11) is 0. The number of pyridine rings is 1. The van der Waals surface area contributed by atoms with E-state index in [0.29, 0.717) is 29.0 Å². The van der Waals surface area contributed by atoms with E-state index in [1.165, 1.54) is 29.1 Å². The standard InChI is InChI=1S/C26H26ClF3N4O4/c1-14-12-33(13-32-14)18-8-15(21(22(31)35)34(7-6-27)23(18)36)10-25-11-20(25)24(2,3)38-19-5-4-16(9-17(19)25)37-26(28,29)30/h4-5,8-9,12-13,20H,6-7,10-11H2,1-3H3,(H2,31,35). The van der Waals surface area contributed by atoms with Gasteiger partial charge in [-0.2, -0.15) is 0 Å². The van der Waals surface area contributed by atoms with Crippen LogP contribution in [0.15, 0.2) is 41.6 Å². The van der Waals surface area contributed by atoms with Gasteiger partial charge in [-0.15, -0.1) is 24.8 Å². The number of hydrogen-bond acceptors (Lipinski definition) is 5. The molecule has 12 heteroatoms. The molecule has 3 aromatic rings. The highest BCUT2D eigenvalue weighted by Gasteiger charge is 2.66. The Hall–Kier alpha value is -3.47. The molecule has 2 aliphatic rings. The van der Waals surface area contributed by atoms with Crippen LogP contribution >= 0.6 is 11.6 Å². The number of rotatable bonds is 7. The summed E-state index contributed by atoms with van der Waals surface area (Å²) in [5, 5.41) is 0. The Kier molecular flexibility index (Phi) is 6.05. The molecule has 2 aromatic heterocycles. The molecular weight excluding hydrogens is 525 g/mol. The molecule has 1 aliphatic heterocycles. The number of carbonyl (C=O) groups is 1. The van der Waals surface area contributed by atoms with Gasteiger partial charge in [-0.25, -0.2) is 4.98 Å². The fourth-order valence-electron chi connectivity index (χ4n) is 5.85. The predicted octanol–water partition coefficient (Wildman–Crippen LogP) is 4.25. The van der Waals surface area contributed by atoms with Gasteiger partial charge in [0.25, 0.3) is 11.5 Å². The second kappa shape index (κ2) is 8.79. The molecule has 1 aliphatic carbocycles. The maximum Gasteiger partial charge on any atom is 0.573 e. The third-order valence-electron chi connectivity index (χ3n) is 7.40. The molecule has 5 rings (SSSR count). The zero-order chi connectivity index (χ0) is 27.6.